The Morgan fingerprint density at radius 3 is 2.52 bits per heavy atom. The van der Waals surface area contributed by atoms with E-state index < -0.39 is 5.91 Å². The summed E-state index contributed by atoms with van der Waals surface area (Å²) in [6.45, 7) is 0.472. The van der Waals surface area contributed by atoms with Crippen molar-refractivity contribution in [2.45, 2.75) is 12.8 Å². The number of nitrogens with zero attached hydrogens (tertiary/aromatic N) is 1. The Balaban J connectivity index is 1.70. The molecule has 25 heavy (non-hydrogen) atoms. The van der Waals surface area contributed by atoms with Crippen LogP contribution in [0.15, 0.2) is 53.6 Å². The van der Waals surface area contributed by atoms with Crippen LogP contribution in [-0.4, -0.2) is 24.6 Å². The molecule has 2 amide bonds. The van der Waals surface area contributed by atoms with E-state index in [2.05, 4.69) is 15.8 Å². The standard InChI is InChI=1S/C18H17Cl2N3O2/c19-15-7-6-14(16(20)10-15)12-22-23-18(25)11-17(24)21-9-8-13-4-2-1-3-5-13/h1-7,10,12H,8-9,11H2,(H,21,24)(H,23,25). The van der Waals surface area contributed by atoms with Crippen LogP contribution in [0.5, 0.6) is 0 Å². The predicted octanol–water partition coefficient (Wildman–Crippen LogP) is 3.19. The molecule has 0 aliphatic rings. The van der Waals surface area contributed by atoms with Crippen molar-refractivity contribution in [3.8, 4) is 0 Å². The van der Waals surface area contributed by atoms with Crippen molar-refractivity contribution in [1.82, 2.24) is 10.7 Å². The Morgan fingerprint density at radius 1 is 1.04 bits per heavy atom. The van der Waals surface area contributed by atoms with E-state index in [0.29, 0.717) is 28.6 Å². The van der Waals surface area contributed by atoms with Crippen molar-refractivity contribution >= 4 is 41.2 Å². The zero-order chi connectivity index (χ0) is 18.1. The summed E-state index contributed by atoms with van der Waals surface area (Å²) < 4.78 is 0. The van der Waals surface area contributed by atoms with Gasteiger partial charge in [0.25, 0.3) is 0 Å². The molecule has 0 aromatic heterocycles. The number of amides is 2. The lowest BCUT2D eigenvalue weighted by atomic mass is 10.1. The number of hydrogen-bond donors (Lipinski definition) is 2. The van der Waals surface area contributed by atoms with Crippen LogP contribution in [0.4, 0.5) is 0 Å². The summed E-state index contributed by atoms with van der Waals surface area (Å²) in [6, 6.07) is 14.7. The molecule has 0 saturated carbocycles. The van der Waals surface area contributed by atoms with Crippen molar-refractivity contribution in [2.75, 3.05) is 6.54 Å². The second-order valence-corrected chi connectivity index (χ2v) is 6.06. The fourth-order valence-corrected chi connectivity index (χ4v) is 2.48. The number of carbonyl (C=O) groups excluding carboxylic acids is 2. The van der Waals surface area contributed by atoms with Gasteiger partial charge in [-0.05, 0) is 24.1 Å². The second-order valence-electron chi connectivity index (χ2n) is 5.22. The molecule has 0 spiro atoms. The maximum atomic E-state index is 11.7. The Kier molecular flexibility index (Phi) is 7.44. The zero-order valence-corrected chi connectivity index (χ0v) is 14.8. The van der Waals surface area contributed by atoms with Gasteiger partial charge in [0.05, 0.1) is 11.2 Å². The largest absolute Gasteiger partial charge is 0.355 e. The lowest BCUT2D eigenvalue weighted by Crippen LogP contribution is -2.31. The summed E-state index contributed by atoms with van der Waals surface area (Å²) in [4.78, 5) is 23.4. The van der Waals surface area contributed by atoms with E-state index in [1.54, 1.807) is 18.2 Å². The zero-order valence-electron chi connectivity index (χ0n) is 13.3. The van der Waals surface area contributed by atoms with Gasteiger partial charge in [-0.25, -0.2) is 5.43 Å². The van der Waals surface area contributed by atoms with Crippen molar-refractivity contribution in [2.24, 2.45) is 5.10 Å². The van der Waals surface area contributed by atoms with Gasteiger partial charge in [0.2, 0.25) is 11.8 Å². The molecular weight excluding hydrogens is 361 g/mol. The van der Waals surface area contributed by atoms with E-state index in [1.165, 1.54) is 6.21 Å². The molecule has 2 rings (SSSR count). The normalized spacial score (nSPS) is 10.6. The van der Waals surface area contributed by atoms with E-state index in [1.807, 2.05) is 30.3 Å². The van der Waals surface area contributed by atoms with Crippen LogP contribution in [0.25, 0.3) is 0 Å². The highest BCUT2D eigenvalue weighted by molar-refractivity contribution is 6.36. The summed E-state index contributed by atoms with van der Waals surface area (Å²) in [7, 11) is 0. The summed E-state index contributed by atoms with van der Waals surface area (Å²) in [6.07, 6.45) is 1.81. The Morgan fingerprint density at radius 2 is 1.80 bits per heavy atom. The number of halogens is 2. The molecular formula is C18H17Cl2N3O2. The molecule has 0 bridgehead atoms. The highest BCUT2D eigenvalue weighted by Crippen LogP contribution is 2.19. The first-order chi connectivity index (χ1) is 12.0. The fraction of sp³-hybridized carbons (Fsp3) is 0.167. The lowest BCUT2D eigenvalue weighted by molar-refractivity contribution is -0.129. The van der Waals surface area contributed by atoms with Crippen LogP contribution in [-0.2, 0) is 16.0 Å². The molecule has 0 atom stereocenters. The molecule has 0 unspecified atom stereocenters. The molecule has 0 fully saturated rings. The molecule has 0 radical (unpaired) electrons. The minimum atomic E-state index is -0.501. The molecule has 2 N–H and O–H groups in total. The molecule has 2 aromatic rings. The third kappa shape index (κ3) is 6.95. The van der Waals surface area contributed by atoms with Crippen LogP contribution >= 0.6 is 23.2 Å². The van der Waals surface area contributed by atoms with Gasteiger partial charge in [-0.2, -0.15) is 5.10 Å². The van der Waals surface area contributed by atoms with Gasteiger partial charge < -0.3 is 5.32 Å². The first-order valence-electron chi connectivity index (χ1n) is 7.62. The number of rotatable bonds is 7. The fourth-order valence-electron chi connectivity index (χ4n) is 2.02. The van der Waals surface area contributed by atoms with Gasteiger partial charge in [-0.1, -0.05) is 59.6 Å². The summed E-state index contributed by atoms with van der Waals surface area (Å²) in [5.74, 6) is -0.855. The van der Waals surface area contributed by atoms with Gasteiger partial charge in [0.1, 0.15) is 6.42 Å². The van der Waals surface area contributed by atoms with Crippen LogP contribution < -0.4 is 10.7 Å². The van der Waals surface area contributed by atoms with Gasteiger partial charge >= 0.3 is 0 Å². The molecule has 0 saturated heterocycles. The Labute approximate surface area is 156 Å². The third-order valence-electron chi connectivity index (χ3n) is 3.26. The van der Waals surface area contributed by atoms with Gasteiger partial charge in [-0.3, -0.25) is 9.59 Å². The third-order valence-corrected chi connectivity index (χ3v) is 3.82. The summed E-state index contributed by atoms with van der Waals surface area (Å²) in [5, 5.41) is 7.41. The maximum absolute atomic E-state index is 11.7. The van der Waals surface area contributed by atoms with E-state index in [-0.39, 0.29) is 12.3 Å². The number of hydrazone groups is 1. The molecule has 5 nitrogen and oxygen atoms in total. The molecule has 0 aliphatic carbocycles. The first kappa shape index (κ1) is 19.0. The highest BCUT2D eigenvalue weighted by Gasteiger charge is 2.08. The molecule has 130 valence electrons. The van der Waals surface area contributed by atoms with Crippen LogP contribution in [0.3, 0.4) is 0 Å². The van der Waals surface area contributed by atoms with Gasteiger partial charge in [0.15, 0.2) is 0 Å². The van der Waals surface area contributed by atoms with Gasteiger partial charge in [-0.15, -0.1) is 0 Å². The number of nitrogens with one attached hydrogen (secondary N) is 2. The Hall–Kier alpha value is -2.37. The maximum Gasteiger partial charge on any atom is 0.249 e. The summed E-state index contributed by atoms with van der Waals surface area (Å²) >= 11 is 11.8. The lowest BCUT2D eigenvalue weighted by Gasteiger charge is -2.05. The van der Waals surface area contributed by atoms with Crippen LogP contribution in [0.2, 0.25) is 10.0 Å². The van der Waals surface area contributed by atoms with E-state index in [0.717, 1.165) is 5.56 Å². The topological polar surface area (TPSA) is 70.6 Å². The van der Waals surface area contributed by atoms with Crippen molar-refractivity contribution in [1.29, 1.82) is 0 Å². The van der Waals surface area contributed by atoms with E-state index >= 15 is 0 Å². The molecule has 0 heterocycles. The van der Waals surface area contributed by atoms with Gasteiger partial charge in [0, 0.05) is 17.1 Å². The van der Waals surface area contributed by atoms with E-state index in [9.17, 15) is 9.59 Å². The highest BCUT2D eigenvalue weighted by atomic mass is 35.5. The average Bonchev–Trinajstić information content (AvgIpc) is 2.58. The number of hydrogen-bond acceptors (Lipinski definition) is 3. The van der Waals surface area contributed by atoms with E-state index in [4.69, 9.17) is 23.2 Å². The average molecular weight is 378 g/mol. The van der Waals surface area contributed by atoms with Crippen LogP contribution in [0.1, 0.15) is 17.5 Å². The molecule has 0 aliphatic heterocycles. The predicted molar refractivity (Wildman–Crippen MR) is 100.0 cm³/mol. The molecule has 7 heteroatoms. The minimum Gasteiger partial charge on any atom is -0.355 e. The number of carbonyl (C=O) groups is 2. The van der Waals surface area contributed by atoms with Crippen molar-refractivity contribution in [3.63, 3.8) is 0 Å². The Bertz CT molecular complexity index is 764. The van der Waals surface area contributed by atoms with Crippen molar-refractivity contribution in [3.05, 3.63) is 69.7 Å². The smallest absolute Gasteiger partial charge is 0.249 e. The first-order valence-corrected chi connectivity index (χ1v) is 8.38. The SMILES string of the molecule is O=C(CC(=O)NN=Cc1ccc(Cl)cc1Cl)NCCc1ccccc1. The quantitative estimate of drug-likeness (QED) is 0.441. The summed E-state index contributed by atoms with van der Waals surface area (Å²) in [5.41, 5.74) is 4.02. The van der Waals surface area contributed by atoms with Crippen molar-refractivity contribution < 1.29 is 9.59 Å². The second kappa shape index (κ2) is 9.81. The number of benzene rings is 2. The monoisotopic (exact) mass is 377 g/mol. The minimum absolute atomic E-state index is 0.291. The van der Waals surface area contributed by atoms with Crippen LogP contribution in [0, 0.1) is 0 Å². The molecule has 2 aromatic carbocycles.